The van der Waals surface area contributed by atoms with Gasteiger partial charge in [-0.05, 0) is 31.3 Å². The number of aromatic nitrogens is 3. The SMILES string of the molecule is CN1CCN(c2ccc(-c3c(C=O)nc4ccccn34)cn2)CC1. The fraction of sp³-hybridized carbons (Fsp3) is 0.278. The summed E-state index contributed by atoms with van der Waals surface area (Å²) in [4.78, 5) is 25.0. The second-order valence-electron chi connectivity index (χ2n) is 6.09. The van der Waals surface area contributed by atoms with E-state index in [4.69, 9.17) is 0 Å². The van der Waals surface area contributed by atoms with Crippen LogP contribution in [0.3, 0.4) is 0 Å². The fourth-order valence-corrected chi connectivity index (χ4v) is 3.13. The molecular formula is C18H19N5O. The topological polar surface area (TPSA) is 53.7 Å². The number of piperazine rings is 1. The number of likely N-dealkylation sites (N-methyl/N-ethyl adjacent to an activating group) is 1. The molecule has 0 bridgehead atoms. The molecule has 0 amide bonds. The van der Waals surface area contributed by atoms with Crippen LogP contribution in [0.25, 0.3) is 16.9 Å². The van der Waals surface area contributed by atoms with E-state index >= 15 is 0 Å². The molecule has 3 aromatic heterocycles. The van der Waals surface area contributed by atoms with E-state index in [2.05, 4.69) is 26.8 Å². The van der Waals surface area contributed by atoms with Gasteiger partial charge in [-0.15, -0.1) is 0 Å². The number of aldehydes is 1. The number of hydrogen-bond donors (Lipinski definition) is 0. The standard InChI is InChI=1S/C18H19N5O/c1-21-8-10-22(11-9-21)16-6-5-14(12-19-16)18-15(13-24)20-17-4-2-3-7-23(17)18/h2-7,12-13H,8-11H2,1H3. The molecule has 3 aromatic rings. The molecule has 4 heterocycles. The van der Waals surface area contributed by atoms with Crippen molar-refractivity contribution in [3.63, 3.8) is 0 Å². The number of carbonyl (C=O) groups is 1. The Hall–Kier alpha value is -2.73. The molecule has 1 fully saturated rings. The summed E-state index contributed by atoms with van der Waals surface area (Å²) < 4.78 is 1.93. The molecule has 0 radical (unpaired) electrons. The summed E-state index contributed by atoms with van der Waals surface area (Å²) >= 11 is 0. The molecule has 0 atom stereocenters. The van der Waals surface area contributed by atoms with E-state index in [-0.39, 0.29) is 0 Å². The van der Waals surface area contributed by atoms with Gasteiger partial charge >= 0.3 is 0 Å². The first-order chi connectivity index (χ1) is 11.8. The third kappa shape index (κ3) is 2.55. The predicted octanol–water partition coefficient (Wildman–Crippen LogP) is 1.96. The van der Waals surface area contributed by atoms with Crippen molar-refractivity contribution < 1.29 is 4.79 Å². The Bertz CT molecular complexity index is 863. The maximum atomic E-state index is 11.4. The fourth-order valence-electron chi connectivity index (χ4n) is 3.13. The van der Waals surface area contributed by atoms with Crippen molar-refractivity contribution in [3.8, 4) is 11.3 Å². The minimum atomic E-state index is 0.440. The van der Waals surface area contributed by atoms with Crippen LogP contribution in [0.1, 0.15) is 10.5 Å². The van der Waals surface area contributed by atoms with Gasteiger partial charge in [0.05, 0.1) is 5.69 Å². The van der Waals surface area contributed by atoms with Crippen LogP contribution in [0.4, 0.5) is 5.82 Å². The molecule has 1 aliphatic heterocycles. The number of nitrogens with zero attached hydrogens (tertiary/aromatic N) is 5. The Morgan fingerprint density at radius 3 is 2.62 bits per heavy atom. The molecule has 1 aliphatic rings. The maximum absolute atomic E-state index is 11.4. The van der Waals surface area contributed by atoms with Crippen molar-refractivity contribution in [2.75, 3.05) is 38.1 Å². The maximum Gasteiger partial charge on any atom is 0.170 e. The third-order valence-electron chi connectivity index (χ3n) is 4.52. The molecule has 0 unspecified atom stereocenters. The molecule has 0 aliphatic carbocycles. The lowest BCUT2D eigenvalue weighted by Crippen LogP contribution is -2.44. The summed E-state index contributed by atoms with van der Waals surface area (Å²) in [6.07, 6.45) is 4.55. The zero-order chi connectivity index (χ0) is 16.5. The molecule has 0 N–H and O–H groups in total. The molecule has 0 spiro atoms. The van der Waals surface area contributed by atoms with Gasteiger partial charge in [0.1, 0.15) is 17.2 Å². The number of pyridine rings is 2. The van der Waals surface area contributed by atoms with Crippen LogP contribution in [-0.4, -0.2) is 58.8 Å². The number of rotatable bonds is 3. The van der Waals surface area contributed by atoms with Crippen molar-refractivity contribution in [3.05, 3.63) is 48.4 Å². The van der Waals surface area contributed by atoms with E-state index in [0.717, 1.165) is 55.2 Å². The summed E-state index contributed by atoms with van der Waals surface area (Å²) in [5, 5.41) is 0. The zero-order valence-corrected chi connectivity index (χ0v) is 13.6. The second-order valence-corrected chi connectivity index (χ2v) is 6.09. The highest BCUT2D eigenvalue weighted by Crippen LogP contribution is 2.25. The van der Waals surface area contributed by atoms with Gasteiger partial charge in [-0.3, -0.25) is 9.20 Å². The summed E-state index contributed by atoms with van der Waals surface area (Å²) in [7, 11) is 2.14. The first kappa shape index (κ1) is 14.8. The summed E-state index contributed by atoms with van der Waals surface area (Å²) in [6, 6.07) is 9.78. The van der Waals surface area contributed by atoms with Crippen LogP contribution in [0.5, 0.6) is 0 Å². The van der Waals surface area contributed by atoms with E-state index in [1.54, 1.807) is 0 Å². The third-order valence-corrected chi connectivity index (χ3v) is 4.52. The Kier molecular flexibility index (Phi) is 3.74. The average Bonchev–Trinajstić information content (AvgIpc) is 3.01. The summed E-state index contributed by atoms with van der Waals surface area (Å²) in [5.41, 5.74) is 2.89. The van der Waals surface area contributed by atoms with Gasteiger partial charge in [0.15, 0.2) is 6.29 Å². The summed E-state index contributed by atoms with van der Waals surface area (Å²) in [5.74, 6) is 0.980. The van der Waals surface area contributed by atoms with Gasteiger partial charge in [0.2, 0.25) is 0 Å². The van der Waals surface area contributed by atoms with Gasteiger partial charge in [0.25, 0.3) is 0 Å². The van der Waals surface area contributed by atoms with E-state index in [1.165, 1.54) is 0 Å². The lowest BCUT2D eigenvalue weighted by atomic mass is 10.1. The lowest BCUT2D eigenvalue weighted by Gasteiger charge is -2.33. The highest BCUT2D eigenvalue weighted by molar-refractivity contribution is 5.86. The van der Waals surface area contributed by atoms with Crippen LogP contribution in [0.2, 0.25) is 0 Å². The van der Waals surface area contributed by atoms with Gasteiger partial charge in [0, 0.05) is 44.1 Å². The lowest BCUT2D eigenvalue weighted by molar-refractivity contribution is 0.112. The first-order valence-electron chi connectivity index (χ1n) is 8.08. The highest BCUT2D eigenvalue weighted by Gasteiger charge is 2.17. The Morgan fingerprint density at radius 1 is 1.08 bits per heavy atom. The molecule has 1 saturated heterocycles. The van der Waals surface area contributed by atoms with Crippen LogP contribution in [-0.2, 0) is 0 Å². The Balaban J connectivity index is 1.69. The normalized spacial score (nSPS) is 15.8. The minimum absolute atomic E-state index is 0.440. The van der Waals surface area contributed by atoms with Crippen molar-refractivity contribution in [2.45, 2.75) is 0 Å². The van der Waals surface area contributed by atoms with Gasteiger partial charge in [-0.1, -0.05) is 6.07 Å². The zero-order valence-electron chi connectivity index (χ0n) is 13.6. The highest BCUT2D eigenvalue weighted by atomic mass is 16.1. The van der Waals surface area contributed by atoms with Crippen LogP contribution < -0.4 is 4.90 Å². The van der Waals surface area contributed by atoms with Crippen molar-refractivity contribution in [2.24, 2.45) is 0 Å². The van der Waals surface area contributed by atoms with Gasteiger partial charge < -0.3 is 9.80 Å². The van der Waals surface area contributed by atoms with Crippen molar-refractivity contribution in [1.29, 1.82) is 0 Å². The molecule has 0 saturated carbocycles. The van der Waals surface area contributed by atoms with E-state index in [1.807, 2.05) is 47.1 Å². The van der Waals surface area contributed by atoms with Crippen LogP contribution in [0, 0.1) is 0 Å². The van der Waals surface area contributed by atoms with E-state index < -0.39 is 0 Å². The van der Waals surface area contributed by atoms with Crippen LogP contribution in [0.15, 0.2) is 42.7 Å². The van der Waals surface area contributed by atoms with Gasteiger partial charge in [-0.2, -0.15) is 0 Å². The molecule has 4 rings (SSSR count). The van der Waals surface area contributed by atoms with Crippen LogP contribution >= 0.6 is 0 Å². The second kappa shape index (κ2) is 6.05. The number of hydrogen-bond acceptors (Lipinski definition) is 5. The number of anilines is 1. The predicted molar refractivity (Wildman–Crippen MR) is 93.5 cm³/mol. The molecule has 6 nitrogen and oxygen atoms in total. The number of carbonyl (C=O) groups excluding carboxylic acids is 1. The Labute approximate surface area is 140 Å². The van der Waals surface area contributed by atoms with Gasteiger partial charge in [-0.25, -0.2) is 9.97 Å². The number of fused-ring (bicyclic) bond motifs is 1. The molecule has 24 heavy (non-hydrogen) atoms. The average molecular weight is 321 g/mol. The first-order valence-corrected chi connectivity index (χ1v) is 8.08. The minimum Gasteiger partial charge on any atom is -0.354 e. The molecule has 122 valence electrons. The smallest absolute Gasteiger partial charge is 0.170 e. The van der Waals surface area contributed by atoms with E-state index in [9.17, 15) is 4.79 Å². The quantitative estimate of drug-likeness (QED) is 0.690. The monoisotopic (exact) mass is 321 g/mol. The van der Waals surface area contributed by atoms with Crippen molar-refractivity contribution in [1.82, 2.24) is 19.3 Å². The summed E-state index contributed by atoms with van der Waals surface area (Å²) in [6.45, 7) is 4.06. The largest absolute Gasteiger partial charge is 0.354 e. The van der Waals surface area contributed by atoms with E-state index in [0.29, 0.717) is 5.69 Å². The molecular weight excluding hydrogens is 302 g/mol. The molecule has 0 aromatic carbocycles. The van der Waals surface area contributed by atoms with Crippen molar-refractivity contribution >= 4 is 17.8 Å². The number of imidazole rings is 1. The molecule has 6 heteroatoms. The Morgan fingerprint density at radius 2 is 1.92 bits per heavy atom.